The summed E-state index contributed by atoms with van der Waals surface area (Å²) >= 11 is 0. The molecule has 1 atom stereocenters. The first-order valence-electron chi connectivity index (χ1n) is 10.5. The van der Waals surface area contributed by atoms with Crippen LogP contribution in [0.25, 0.3) is 11.0 Å². The molecule has 0 aliphatic heterocycles. The zero-order valence-corrected chi connectivity index (χ0v) is 19.0. The van der Waals surface area contributed by atoms with E-state index >= 15 is 0 Å². The minimum absolute atomic E-state index is 0.0137. The van der Waals surface area contributed by atoms with E-state index in [1.807, 2.05) is 58.0 Å². The predicted octanol–water partition coefficient (Wildman–Crippen LogP) is 3.90. The standard InChI is InChI=1S/C25H28N2O5/c1-14-7-6-8-15(2)24(14)27-22(28)12-26-25(30)18(5)32-23(29)11-19-13-31-21-10-17(4)16(3)9-20(19)21/h6-10,13,18H,11-12H2,1-5H3,(H,26,30)(H,27,28). The summed E-state index contributed by atoms with van der Waals surface area (Å²) in [5.41, 5.74) is 6.20. The first kappa shape index (κ1) is 23.1. The Balaban J connectivity index is 1.51. The number of ether oxygens (including phenoxy) is 1. The minimum Gasteiger partial charge on any atom is -0.464 e. The molecule has 1 heterocycles. The van der Waals surface area contributed by atoms with Gasteiger partial charge in [0.2, 0.25) is 5.91 Å². The molecule has 32 heavy (non-hydrogen) atoms. The Bertz CT molecular complexity index is 1160. The van der Waals surface area contributed by atoms with Gasteiger partial charge in [-0.15, -0.1) is 0 Å². The maximum atomic E-state index is 12.4. The second-order valence-corrected chi connectivity index (χ2v) is 8.04. The van der Waals surface area contributed by atoms with Gasteiger partial charge in [-0.05, 0) is 69.0 Å². The zero-order valence-electron chi connectivity index (χ0n) is 19.0. The average Bonchev–Trinajstić information content (AvgIpc) is 3.10. The highest BCUT2D eigenvalue weighted by atomic mass is 16.5. The molecule has 7 nitrogen and oxygen atoms in total. The van der Waals surface area contributed by atoms with Crippen molar-refractivity contribution in [3.05, 3.63) is 64.4 Å². The quantitative estimate of drug-likeness (QED) is 0.548. The number of para-hydroxylation sites is 1. The first-order chi connectivity index (χ1) is 15.2. The van der Waals surface area contributed by atoms with Crippen LogP contribution >= 0.6 is 0 Å². The molecular weight excluding hydrogens is 408 g/mol. The van der Waals surface area contributed by atoms with Crippen molar-refractivity contribution in [3.8, 4) is 0 Å². The Morgan fingerprint density at radius 2 is 1.66 bits per heavy atom. The highest BCUT2D eigenvalue weighted by molar-refractivity contribution is 5.96. The van der Waals surface area contributed by atoms with Crippen molar-refractivity contribution in [2.75, 3.05) is 11.9 Å². The summed E-state index contributed by atoms with van der Waals surface area (Å²) < 4.78 is 10.8. The number of hydrogen-bond acceptors (Lipinski definition) is 5. The number of fused-ring (bicyclic) bond motifs is 1. The molecule has 0 radical (unpaired) electrons. The van der Waals surface area contributed by atoms with Crippen molar-refractivity contribution >= 4 is 34.4 Å². The van der Waals surface area contributed by atoms with Gasteiger partial charge in [0.05, 0.1) is 19.2 Å². The number of carbonyl (C=O) groups excluding carboxylic acids is 3. The Kier molecular flexibility index (Phi) is 6.98. The summed E-state index contributed by atoms with van der Waals surface area (Å²) in [6.45, 7) is 9.03. The van der Waals surface area contributed by atoms with Gasteiger partial charge in [0.1, 0.15) is 5.58 Å². The third-order valence-electron chi connectivity index (χ3n) is 5.45. The number of hydrogen-bond donors (Lipinski definition) is 2. The summed E-state index contributed by atoms with van der Waals surface area (Å²) in [5, 5.41) is 6.15. The average molecular weight is 437 g/mol. The fourth-order valence-corrected chi connectivity index (χ4v) is 3.43. The lowest BCUT2D eigenvalue weighted by Crippen LogP contribution is -2.40. The normalized spacial score (nSPS) is 11.8. The van der Waals surface area contributed by atoms with Crippen molar-refractivity contribution in [1.29, 1.82) is 0 Å². The van der Waals surface area contributed by atoms with Crippen LogP contribution in [0.2, 0.25) is 0 Å². The van der Waals surface area contributed by atoms with E-state index in [0.29, 0.717) is 11.1 Å². The lowest BCUT2D eigenvalue weighted by Gasteiger charge is -2.14. The summed E-state index contributed by atoms with van der Waals surface area (Å²) in [7, 11) is 0. The molecule has 0 spiro atoms. The molecule has 1 aromatic heterocycles. The molecule has 7 heteroatoms. The number of nitrogens with one attached hydrogen (secondary N) is 2. The molecule has 2 N–H and O–H groups in total. The number of aryl methyl sites for hydroxylation is 4. The number of esters is 1. The van der Waals surface area contributed by atoms with Crippen LogP contribution < -0.4 is 10.6 Å². The van der Waals surface area contributed by atoms with Gasteiger partial charge < -0.3 is 19.8 Å². The first-order valence-corrected chi connectivity index (χ1v) is 10.5. The van der Waals surface area contributed by atoms with Gasteiger partial charge >= 0.3 is 5.97 Å². The van der Waals surface area contributed by atoms with E-state index in [-0.39, 0.29) is 18.9 Å². The highest BCUT2D eigenvalue weighted by Gasteiger charge is 2.20. The molecule has 2 aromatic carbocycles. The van der Waals surface area contributed by atoms with E-state index in [4.69, 9.17) is 9.15 Å². The van der Waals surface area contributed by atoms with Gasteiger partial charge in [-0.1, -0.05) is 18.2 Å². The number of rotatable bonds is 7. The van der Waals surface area contributed by atoms with Crippen molar-refractivity contribution in [3.63, 3.8) is 0 Å². The lowest BCUT2D eigenvalue weighted by molar-refractivity contribution is -0.154. The second-order valence-electron chi connectivity index (χ2n) is 8.04. The molecule has 0 aliphatic rings. The van der Waals surface area contributed by atoms with Gasteiger partial charge in [0.15, 0.2) is 6.10 Å². The van der Waals surface area contributed by atoms with E-state index in [2.05, 4.69) is 10.6 Å². The van der Waals surface area contributed by atoms with Crippen LogP contribution in [0.15, 0.2) is 41.0 Å². The molecule has 0 bridgehead atoms. The summed E-state index contributed by atoms with van der Waals surface area (Å²) in [4.78, 5) is 36.8. The van der Waals surface area contributed by atoms with E-state index in [0.717, 1.165) is 33.3 Å². The predicted molar refractivity (Wildman–Crippen MR) is 123 cm³/mol. The van der Waals surface area contributed by atoms with Crippen LogP contribution in [0, 0.1) is 27.7 Å². The van der Waals surface area contributed by atoms with Gasteiger partial charge in [-0.25, -0.2) is 0 Å². The Labute approximate surface area is 187 Å². The molecule has 0 aliphatic carbocycles. The molecule has 0 saturated heterocycles. The van der Waals surface area contributed by atoms with Crippen LogP contribution in [-0.4, -0.2) is 30.4 Å². The van der Waals surface area contributed by atoms with Crippen LogP contribution in [0.1, 0.15) is 34.7 Å². The molecule has 3 rings (SSSR count). The van der Waals surface area contributed by atoms with E-state index < -0.39 is 18.0 Å². The Hall–Kier alpha value is -3.61. The maximum absolute atomic E-state index is 12.4. The van der Waals surface area contributed by atoms with Gasteiger partial charge in [-0.2, -0.15) is 0 Å². The SMILES string of the molecule is Cc1cc2occ(CC(=O)OC(C)C(=O)NCC(=O)Nc3c(C)cccc3C)c2cc1C. The largest absolute Gasteiger partial charge is 0.464 e. The van der Waals surface area contributed by atoms with Gasteiger partial charge in [-0.3, -0.25) is 14.4 Å². The Morgan fingerprint density at radius 3 is 2.34 bits per heavy atom. The fraction of sp³-hybridized carbons (Fsp3) is 0.320. The molecule has 168 valence electrons. The third kappa shape index (κ3) is 5.35. The summed E-state index contributed by atoms with van der Waals surface area (Å²) in [6, 6.07) is 9.61. The third-order valence-corrected chi connectivity index (χ3v) is 5.45. The number of anilines is 1. The lowest BCUT2D eigenvalue weighted by atomic mass is 10.0. The fourth-order valence-electron chi connectivity index (χ4n) is 3.43. The van der Waals surface area contributed by atoms with E-state index in [9.17, 15) is 14.4 Å². The van der Waals surface area contributed by atoms with Crippen LogP contribution in [0.4, 0.5) is 5.69 Å². The number of benzene rings is 2. The second kappa shape index (κ2) is 9.68. The van der Waals surface area contributed by atoms with Gasteiger partial charge in [0, 0.05) is 16.6 Å². The topological polar surface area (TPSA) is 97.6 Å². The monoisotopic (exact) mass is 436 g/mol. The van der Waals surface area contributed by atoms with Crippen molar-refractivity contribution in [1.82, 2.24) is 5.32 Å². The molecule has 0 saturated carbocycles. The van der Waals surface area contributed by atoms with Gasteiger partial charge in [0.25, 0.3) is 5.91 Å². The number of amides is 2. The molecule has 0 fully saturated rings. The van der Waals surface area contributed by atoms with Crippen LogP contribution in [0.3, 0.4) is 0 Å². The zero-order chi connectivity index (χ0) is 23.4. The Morgan fingerprint density at radius 1 is 1.00 bits per heavy atom. The molecule has 2 amide bonds. The highest BCUT2D eigenvalue weighted by Crippen LogP contribution is 2.25. The molecule has 3 aromatic rings. The van der Waals surface area contributed by atoms with E-state index in [1.54, 1.807) is 0 Å². The van der Waals surface area contributed by atoms with Crippen molar-refractivity contribution in [2.45, 2.75) is 47.1 Å². The van der Waals surface area contributed by atoms with E-state index in [1.165, 1.54) is 13.2 Å². The van der Waals surface area contributed by atoms with Crippen LogP contribution in [0.5, 0.6) is 0 Å². The van der Waals surface area contributed by atoms with Crippen molar-refractivity contribution < 1.29 is 23.5 Å². The van der Waals surface area contributed by atoms with Crippen LogP contribution in [-0.2, 0) is 25.5 Å². The summed E-state index contributed by atoms with van der Waals surface area (Å²) in [5.74, 6) is -1.45. The molecular formula is C25H28N2O5. The smallest absolute Gasteiger partial charge is 0.311 e. The minimum atomic E-state index is -1.03. The number of furan rings is 1. The summed E-state index contributed by atoms with van der Waals surface area (Å²) in [6.07, 6.45) is 0.491. The van der Waals surface area contributed by atoms with Crippen molar-refractivity contribution in [2.24, 2.45) is 0 Å². The number of carbonyl (C=O) groups is 3. The maximum Gasteiger partial charge on any atom is 0.311 e. The molecule has 1 unspecified atom stereocenters.